The third-order valence-corrected chi connectivity index (χ3v) is 4.50. The largest absolute Gasteiger partial charge is 0.418 e. The normalized spacial score (nSPS) is 13.0. The van der Waals surface area contributed by atoms with E-state index >= 15 is 0 Å². The Hall–Kier alpha value is -3.36. The molecule has 1 amide bonds. The second-order valence-corrected chi connectivity index (χ2v) is 6.72. The molecule has 162 valence electrons. The molecule has 3 nitrogen and oxygen atoms in total. The van der Waals surface area contributed by atoms with Crippen LogP contribution in [0.2, 0.25) is 0 Å². The number of carbonyl (C=O) groups excluding carboxylic acids is 1. The van der Waals surface area contributed by atoms with Crippen LogP contribution in [0.4, 0.5) is 26.3 Å². The molecule has 1 atom stereocenters. The monoisotopic (exact) mass is 438 g/mol. The number of carbonyl (C=O) groups is 1. The molecule has 0 aliphatic carbocycles. The second kappa shape index (κ2) is 8.79. The van der Waals surface area contributed by atoms with Crippen molar-refractivity contribution in [1.82, 2.24) is 10.3 Å². The van der Waals surface area contributed by atoms with Gasteiger partial charge in [0.25, 0.3) is 0 Å². The van der Waals surface area contributed by atoms with Gasteiger partial charge in [0.15, 0.2) is 0 Å². The Morgan fingerprint density at radius 3 is 2.06 bits per heavy atom. The van der Waals surface area contributed by atoms with Crippen molar-refractivity contribution >= 4 is 5.91 Å². The third kappa shape index (κ3) is 5.62. The van der Waals surface area contributed by atoms with Crippen LogP contribution in [-0.4, -0.2) is 10.9 Å². The minimum Gasteiger partial charge on any atom is -0.343 e. The molecule has 0 bridgehead atoms. The first-order chi connectivity index (χ1) is 14.6. The number of aromatic nitrogens is 1. The number of nitrogens with one attached hydrogen (secondary N) is 1. The van der Waals surface area contributed by atoms with E-state index in [-0.39, 0.29) is 12.0 Å². The van der Waals surface area contributed by atoms with Crippen molar-refractivity contribution in [2.75, 3.05) is 0 Å². The van der Waals surface area contributed by atoms with Crippen LogP contribution in [0.5, 0.6) is 0 Å². The van der Waals surface area contributed by atoms with Crippen LogP contribution in [0.25, 0.3) is 0 Å². The van der Waals surface area contributed by atoms with E-state index in [2.05, 4.69) is 10.3 Å². The number of amides is 1. The lowest BCUT2D eigenvalue weighted by Gasteiger charge is -2.23. The first-order valence-electron chi connectivity index (χ1n) is 9.08. The predicted octanol–water partition coefficient (Wildman–Crippen LogP) is 5.57. The Morgan fingerprint density at radius 2 is 1.48 bits per heavy atom. The van der Waals surface area contributed by atoms with Gasteiger partial charge >= 0.3 is 12.4 Å². The summed E-state index contributed by atoms with van der Waals surface area (Å²) in [6, 6.07) is 12.6. The van der Waals surface area contributed by atoms with Crippen molar-refractivity contribution in [2.45, 2.75) is 24.8 Å². The number of nitrogens with zero attached hydrogens (tertiary/aromatic N) is 1. The zero-order valence-corrected chi connectivity index (χ0v) is 15.8. The minimum absolute atomic E-state index is 0.0404. The molecule has 0 saturated carbocycles. The fourth-order valence-corrected chi connectivity index (χ4v) is 3.05. The molecule has 2 aromatic carbocycles. The van der Waals surface area contributed by atoms with Crippen molar-refractivity contribution in [3.05, 3.63) is 101 Å². The van der Waals surface area contributed by atoms with Crippen molar-refractivity contribution in [3.63, 3.8) is 0 Å². The smallest absolute Gasteiger partial charge is 0.343 e. The van der Waals surface area contributed by atoms with Gasteiger partial charge in [-0.25, -0.2) is 0 Å². The van der Waals surface area contributed by atoms with E-state index in [0.29, 0.717) is 5.56 Å². The van der Waals surface area contributed by atoms with Gasteiger partial charge in [-0.1, -0.05) is 42.5 Å². The van der Waals surface area contributed by atoms with Crippen molar-refractivity contribution < 1.29 is 31.1 Å². The molecule has 0 radical (unpaired) electrons. The number of hydrogen-bond acceptors (Lipinski definition) is 2. The van der Waals surface area contributed by atoms with E-state index < -0.39 is 41.1 Å². The molecule has 0 aliphatic rings. The van der Waals surface area contributed by atoms with Gasteiger partial charge in [-0.15, -0.1) is 0 Å². The number of hydrogen-bond donors (Lipinski definition) is 1. The molecule has 0 fully saturated rings. The Labute approximate surface area is 173 Å². The summed E-state index contributed by atoms with van der Waals surface area (Å²) in [6.07, 6.45) is -8.36. The fraction of sp³-hybridized carbons (Fsp3) is 0.182. The molecule has 3 rings (SSSR count). The molecular formula is C22H16F6N2O. The summed E-state index contributed by atoms with van der Waals surface area (Å²) in [4.78, 5) is 16.4. The highest BCUT2D eigenvalue weighted by molar-refractivity contribution is 5.79. The van der Waals surface area contributed by atoms with E-state index in [1.807, 2.05) is 0 Å². The lowest BCUT2D eigenvalue weighted by Crippen LogP contribution is -2.32. The summed E-state index contributed by atoms with van der Waals surface area (Å²) < 4.78 is 79.2. The van der Waals surface area contributed by atoms with Gasteiger partial charge in [0.2, 0.25) is 5.91 Å². The van der Waals surface area contributed by atoms with E-state index in [0.717, 1.165) is 42.6 Å². The quantitative estimate of drug-likeness (QED) is 0.530. The van der Waals surface area contributed by atoms with Crippen molar-refractivity contribution in [3.8, 4) is 0 Å². The van der Waals surface area contributed by atoms with Gasteiger partial charge in [-0.05, 0) is 35.4 Å². The van der Waals surface area contributed by atoms with Gasteiger partial charge < -0.3 is 5.32 Å². The van der Waals surface area contributed by atoms with Gasteiger partial charge in [-0.2, -0.15) is 26.3 Å². The molecule has 9 heteroatoms. The lowest BCUT2D eigenvalue weighted by molar-refractivity contribution is -0.139. The van der Waals surface area contributed by atoms with Crippen LogP contribution in [0.3, 0.4) is 0 Å². The topological polar surface area (TPSA) is 42.0 Å². The Kier molecular flexibility index (Phi) is 6.33. The summed E-state index contributed by atoms with van der Waals surface area (Å²) in [5.41, 5.74) is -1.87. The van der Waals surface area contributed by atoms with Crippen LogP contribution in [0.15, 0.2) is 72.9 Å². The lowest BCUT2D eigenvalue weighted by atomic mass is 9.97. The molecular weight excluding hydrogens is 422 g/mol. The van der Waals surface area contributed by atoms with Gasteiger partial charge in [0.1, 0.15) is 0 Å². The highest BCUT2D eigenvalue weighted by Crippen LogP contribution is 2.36. The maximum absolute atomic E-state index is 13.5. The third-order valence-electron chi connectivity index (χ3n) is 4.50. The van der Waals surface area contributed by atoms with Crippen LogP contribution < -0.4 is 5.32 Å². The molecule has 31 heavy (non-hydrogen) atoms. The van der Waals surface area contributed by atoms with E-state index in [1.165, 1.54) is 0 Å². The van der Waals surface area contributed by atoms with Crippen molar-refractivity contribution in [1.29, 1.82) is 0 Å². The van der Waals surface area contributed by atoms with Crippen LogP contribution in [0, 0.1) is 0 Å². The molecule has 1 heterocycles. The molecule has 0 unspecified atom stereocenters. The summed E-state index contributed by atoms with van der Waals surface area (Å²) in [7, 11) is 0. The number of alkyl halides is 6. The van der Waals surface area contributed by atoms with E-state index in [1.54, 1.807) is 30.3 Å². The Morgan fingerprint density at radius 1 is 0.839 bits per heavy atom. The SMILES string of the molecule is O=C(Cc1ccccc1)N[C@@H](c1ccc(C(F)(F)F)cc1)c1ncccc1C(F)(F)F. The standard InChI is InChI=1S/C22H16F6N2O/c23-21(24,25)16-10-8-15(9-11-16)19(20-17(22(26,27)28)7-4-12-29-20)30-18(31)13-14-5-2-1-3-6-14/h1-12,19H,13H2,(H,30,31)/t19-/m0/s1. The fourth-order valence-electron chi connectivity index (χ4n) is 3.05. The molecule has 0 spiro atoms. The average Bonchev–Trinajstić information content (AvgIpc) is 2.72. The maximum atomic E-state index is 13.5. The van der Waals surface area contributed by atoms with Crippen LogP contribution >= 0.6 is 0 Å². The first-order valence-corrected chi connectivity index (χ1v) is 9.08. The predicted molar refractivity (Wildman–Crippen MR) is 101 cm³/mol. The molecule has 0 aliphatic heterocycles. The number of rotatable bonds is 5. The molecule has 3 aromatic rings. The number of benzene rings is 2. The molecule has 1 aromatic heterocycles. The van der Waals surface area contributed by atoms with Crippen LogP contribution in [-0.2, 0) is 23.6 Å². The highest BCUT2D eigenvalue weighted by Gasteiger charge is 2.37. The zero-order valence-electron chi connectivity index (χ0n) is 15.8. The summed E-state index contributed by atoms with van der Waals surface area (Å²) >= 11 is 0. The average molecular weight is 438 g/mol. The summed E-state index contributed by atoms with van der Waals surface area (Å²) in [5, 5.41) is 2.49. The number of pyridine rings is 1. The van der Waals surface area contributed by atoms with E-state index in [4.69, 9.17) is 0 Å². The number of halogens is 6. The summed E-state index contributed by atoms with van der Waals surface area (Å²) in [6.45, 7) is 0. The molecule has 0 saturated heterocycles. The van der Waals surface area contributed by atoms with Gasteiger partial charge in [0.05, 0.1) is 29.3 Å². The Bertz CT molecular complexity index is 1030. The zero-order chi connectivity index (χ0) is 22.6. The maximum Gasteiger partial charge on any atom is 0.418 e. The van der Waals surface area contributed by atoms with Gasteiger partial charge in [0, 0.05) is 6.20 Å². The first kappa shape index (κ1) is 22.3. The van der Waals surface area contributed by atoms with E-state index in [9.17, 15) is 31.1 Å². The highest BCUT2D eigenvalue weighted by atomic mass is 19.4. The van der Waals surface area contributed by atoms with Crippen molar-refractivity contribution in [2.24, 2.45) is 0 Å². The van der Waals surface area contributed by atoms with Crippen LogP contribution in [0.1, 0.15) is 34.0 Å². The Balaban J connectivity index is 2.00. The van der Waals surface area contributed by atoms with Gasteiger partial charge in [-0.3, -0.25) is 9.78 Å². The second-order valence-electron chi connectivity index (χ2n) is 6.72. The summed E-state index contributed by atoms with van der Waals surface area (Å²) in [5.74, 6) is -0.602. The molecule has 1 N–H and O–H groups in total. The minimum atomic E-state index is -4.77.